The van der Waals surface area contributed by atoms with Gasteiger partial charge in [0.1, 0.15) is 6.17 Å². The van der Waals surface area contributed by atoms with E-state index in [1.165, 1.54) is 12.8 Å². The van der Waals surface area contributed by atoms with Crippen LogP contribution in [0, 0.1) is 5.92 Å². The van der Waals surface area contributed by atoms with Crippen molar-refractivity contribution >= 4 is 21.6 Å². The van der Waals surface area contributed by atoms with Crippen molar-refractivity contribution in [2.75, 3.05) is 25.0 Å². The van der Waals surface area contributed by atoms with Gasteiger partial charge in [0.2, 0.25) is 0 Å². The summed E-state index contributed by atoms with van der Waals surface area (Å²) in [5.74, 6) is 0.686. The van der Waals surface area contributed by atoms with Gasteiger partial charge in [-0.2, -0.15) is 0 Å². The van der Waals surface area contributed by atoms with Gasteiger partial charge in [0.15, 0.2) is 0 Å². The molecule has 2 N–H and O–H groups in total. The third-order valence-electron chi connectivity index (χ3n) is 3.43. The number of hydrogen-bond donors (Lipinski definition) is 2. The highest BCUT2D eigenvalue weighted by Crippen LogP contribution is 2.28. The Balaban J connectivity index is 1.92. The number of nitrogens with one attached hydrogen (secondary N) is 2. The molecule has 4 heteroatoms. The van der Waals surface area contributed by atoms with E-state index in [0.29, 0.717) is 11.5 Å². The van der Waals surface area contributed by atoms with Crippen molar-refractivity contribution in [2.45, 2.75) is 25.9 Å². The lowest BCUT2D eigenvalue weighted by molar-refractivity contribution is 0.374. The Kier molecular flexibility index (Phi) is 5.01. The zero-order valence-corrected chi connectivity index (χ0v) is 12.3. The van der Waals surface area contributed by atoms with Crippen molar-refractivity contribution in [1.82, 2.24) is 5.32 Å². The predicted octanol–water partition coefficient (Wildman–Crippen LogP) is 3.89. The highest BCUT2D eigenvalue weighted by Gasteiger charge is 2.13. The van der Waals surface area contributed by atoms with Crippen LogP contribution >= 0.6 is 15.9 Å². The van der Waals surface area contributed by atoms with Crippen LogP contribution in [0.15, 0.2) is 22.7 Å². The summed E-state index contributed by atoms with van der Waals surface area (Å²) in [5, 5.41) is 6.85. The zero-order chi connectivity index (χ0) is 13.0. The average Bonchev–Trinajstić information content (AvgIpc) is 2.38. The maximum absolute atomic E-state index is 13.2. The molecule has 0 radical (unpaired) electrons. The van der Waals surface area contributed by atoms with Crippen molar-refractivity contribution in [1.29, 1.82) is 0 Å². The van der Waals surface area contributed by atoms with Gasteiger partial charge in [0.05, 0.1) is 0 Å². The molecular formula is C14H20BrFN2. The van der Waals surface area contributed by atoms with E-state index in [1.807, 2.05) is 18.2 Å². The summed E-state index contributed by atoms with van der Waals surface area (Å²) in [7, 11) is 0. The molecule has 0 aromatic heterocycles. The molecule has 0 bridgehead atoms. The molecule has 1 aromatic carbocycles. The number of piperidine rings is 1. The highest BCUT2D eigenvalue weighted by molar-refractivity contribution is 9.10. The Morgan fingerprint density at radius 3 is 3.00 bits per heavy atom. The lowest BCUT2D eigenvalue weighted by Crippen LogP contribution is -2.33. The molecule has 100 valence electrons. The number of benzene rings is 1. The monoisotopic (exact) mass is 314 g/mol. The Labute approximate surface area is 116 Å². The number of hydrogen-bond acceptors (Lipinski definition) is 2. The van der Waals surface area contributed by atoms with E-state index < -0.39 is 6.17 Å². The van der Waals surface area contributed by atoms with Crippen molar-refractivity contribution < 1.29 is 4.39 Å². The Morgan fingerprint density at radius 2 is 2.39 bits per heavy atom. The minimum absolute atomic E-state index is 0.686. The molecule has 1 saturated heterocycles. The third-order valence-corrected chi connectivity index (χ3v) is 4.09. The number of anilines is 1. The van der Waals surface area contributed by atoms with E-state index in [-0.39, 0.29) is 0 Å². The molecule has 1 heterocycles. The summed E-state index contributed by atoms with van der Waals surface area (Å²) in [6.07, 6.45) is 1.61. The molecule has 2 unspecified atom stereocenters. The molecule has 0 saturated carbocycles. The minimum Gasteiger partial charge on any atom is -0.384 e. The molecule has 1 aliphatic heterocycles. The van der Waals surface area contributed by atoms with Gasteiger partial charge >= 0.3 is 0 Å². The molecule has 1 aliphatic rings. The van der Waals surface area contributed by atoms with E-state index in [2.05, 4.69) is 26.6 Å². The third kappa shape index (κ3) is 3.69. The van der Waals surface area contributed by atoms with Crippen LogP contribution in [0.5, 0.6) is 0 Å². The first-order valence-corrected chi connectivity index (χ1v) is 7.34. The van der Waals surface area contributed by atoms with Gasteiger partial charge in [-0.1, -0.05) is 6.07 Å². The van der Waals surface area contributed by atoms with Gasteiger partial charge in [-0.05, 0) is 72.4 Å². The maximum atomic E-state index is 13.2. The molecule has 2 nitrogen and oxygen atoms in total. The largest absolute Gasteiger partial charge is 0.384 e. The van der Waals surface area contributed by atoms with E-state index in [1.54, 1.807) is 6.92 Å². The van der Waals surface area contributed by atoms with Crippen molar-refractivity contribution in [3.63, 3.8) is 0 Å². The molecular weight excluding hydrogens is 295 g/mol. The quantitative estimate of drug-likeness (QED) is 0.881. The number of alkyl halides is 1. The molecule has 0 spiro atoms. The van der Waals surface area contributed by atoms with Crippen LogP contribution in [0.4, 0.5) is 10.1 Å². The van der Waals surface area contributed by atoms with E-state index in [0.717, 1.165) is 29.8 Å². The fourth-order valence-corrected chi connectivity index (χ4v) is 2.81. The van der Waals surface area contributed by atoms with Gasteiger partial charge in [0, 0.05) is 16.7 Å². The first-order valence-electron chi connectivity index (χ1n) is 6.55. The molecule has 18 heavy (non-hydrogen) atoms. The summed E-state index contributed by atoms with van der Waals surface area (Å²) < 4.78 is 14.1. The minimum atomic E-state index is -0.919. The fourth-order valence-electron chi connectivity index (χ4n) is 2.27. The van der Waals surface area contributed by atoms with Crippen molar-refractivity contribution in [2.24, 2.45) is 5.92 Å². The van der Waals surface area contributed by atoms with Crippen molar-refractivity contribution in [3.8, 4) is 0 Å². The maximum Gasteiger partial charge on any atom is 0.122 e. The van der Waals surface area contributed by atoms with E-state index >= 15 is 0 Å². The average molecular weight is 315 g/mol. The van der Waals surface area contributed by atoms with Gasteiger partial charge in [-0.15, -0.1) is 0 Å². The van der Waals surface area contributed by atoms with Gasteiger partial charge in [-0.25, -0.2) is 4.39 Å². The smallest absolute Gasteiger partial charge is 0.122 e. The first-order chi connectivity index (χ1) is 8.66. The van der Waals surface area contributed by atoms with Crippen LogP contribution in [-0.2, 0) is 0 Å². The molecule has 0 aliphatic carbocycles. The first kappa shape index (κ1) is 13.8. The van der Waals surface area contributed by atoms with Crippen LogP contribution in [0.2, 0.25) is 0 Å². The summed E-state index contributed by atoms with van der Waals surface area (Å²) >= 11 is 3.50. The second-order valence-corrected chi connectivity index (χ2v) is 5.80. The van der Waals surface area contributed by atoms with Crippen molar-refractivity contribution in [3.05, 3.63) is 28.2 Å². The lowest BCUT2D eigenvalue weighted by atomic mass is 9.99. The zero-order valence-electron chi connectivity index (χ0n) is 10.7. The number of halogens is 2. The van der Waals surface area contributed by atoms with Crippen LogP contribution in [0.25, 0.3) is 0 Å². The summed E-state index contributed by atoms with van der Waals surface area (Å²) in [5.41, 5.74) is 1.76. The normalized spacial score (nSPS) is 21.6. The molecule has 2 rings (SSSR count). The SMILES string of the molecule is CC(F)c1ccc(NCC2CCCNC2)c(Br)c1. The molecule has 1 fully saturated rings. The highest BCUT2D eigenvalue weighted by atomic mass is 79.9. The van der Waals surface area contributed by atoms with E-state index in [9.17, 15) is 4.39 Å². The van der Waals surface area contributed by atoms with Gasteiger partial charge < -0.3 is 10.6 Å². The molecule has 0 amide bonds. The summed E-state index contributed by atoms with van der Waals surface area (Å²) in [4.78, 5) is 0. The van der Waals surface area contributed by atoms with Crippen LogP contribution < -0.4 is 10.6 Å². The molecule has 1 aromatic rings. The Bertz CT molecular complexity index is 389. The fraction of sp³-hybridized carbons (Fsp3) is 0.571. The lowest BCUT2D eigenvalue weighted by Gasteiger charge is -2.23. The topological polar surface area (TPSA) is 24.1 Å². The number of rotatable bonds is 4. The predicted molar refractivity (Wildman–Crippen MR) is 77.7 cm³/mol. The van der Waals surface area contributed by atoms with E-state index in [4.69, 9.17) is 0 Å². The van der Waals surface area contributed by atoms with Crippen LogP contribution in [0.3, 0.4) is 0 Å². The van der Waals surface area contributed by atoms with Crippen LogP contribution in [-0.4, -0.2) is 19.6 Å². The second-order valence-electron chi connectivity index (χ2n) is 4.95. The summed E-state index contributed by atoms with van der Waals surface area (Å²) in [6, 6.07) is 5.65. The summed E-state index contributed by atoms with van der Waals surface area (Å²) in [6.45, 7) is 4.76. The Hall–Kier alpha value is -0.610. The Morgan fingerprint density at radius 1 is 1.56 bits per heavy atom. The standard InChI is InChI=1S/C14H20BrFN2/c1-10(16)12-4-5-14(13(15)7-12)18-9-11-3-2-6-17-8-11/h4-5,7,10-11,17-18H,2-3,6,8-9H2,1H3. The second kappa shape index (κ2) is 6.53. The van der Waals surface area contributed by atoms with Gasteiger partial charge in [0.25, 0.3) is 0 Å². The van der Waals surface area contributed by atoms with Crippen LogP contribution in [0.1, 0.15) is 31.5 Å². The molecule has 2 atom stereocenters. The van der Waals surface area contributed by atoms with Gasteiger partial charge in [-0.3, -0.25) is 0 Å².